The van der Waals surface area contributed by atoms with E-state index in [1.54, 1.807) is 14.2 Å². The van der Waals surface area contributed by atoms with Gasteiger partial charge in [0.2, 0.25) is 0 Å². The summed E-state index contributed by atoms with van der Waals surface area (Å²) in [5.74, 6) is 3.39. The molecule has 5 rings (SSSR count). The van der Waals surface area contributed by atoms with Crippen molar-refractivity contribution in [3.63, 3.8) is 0 Å². The van der Waals surface area contributed by atoms with E-state index in [1.165, 1.54) is 11.1 Å². The molecule has 1 N–H and O–H groups in total. The van der Waals surface area contributed by atoms with E-state index < -0.39 is 0 Å². The zero-order valence-electron chi connectivity index (χ0n) is 13.0. The summed E-state index contributed by atoms with van der Waals surface area (Å²) in [5, 5.41) is 3.73. The van der Waals surface area contributed by atoms with Crippen LogP contribution in [0.1, 0.15) is 24.0 Å². The highest BCUT2D eigenvalue weighted by Crippen LogP contribution is 2.62. The lowest BCUT2D eigenvalue weighted by Crippen LogP contribution is -2.63. The summed E-state index contributed by atoms with van der Waals surface area (Å²) >= 11 is 0. The van der Waals surface area contributed by atoms with Gasteiger partial charge in [0, 0.05) is 17.0 Å². The van der Waals surface area contributed by atoms with Crippen LogP contribution in [0.15, 0.2) is 24.0 Å². The number of hydrogen-bond donors (Lipinski definition) is 1. The zero-order valence-corrected chi connectivity index (χ0v) is 13.0. The highest BCUT2D eigenvalue weighted by molar-refractivity contribution is 5.62. The number of piperidine rings is 1. The second kappa shape index (κ2) is 4.19. The van der Waals surface area contributed by atoms with E-state index in [-0.39, 0.29) is 11.5 Å². The number of ether oxygens (including phenoxy) is 3. The summed E-state index contributed by atoms with van der Waals surface area (Å²) in [6.07, 6.45) is 5.50. The van der Waals surface area contributed by atoms with Gasteiger partial charge >= 0.3 is 0 Å². The maximum atomic E-state index is 6.46. The predicted molar refractivity (Wildman–Crippen MR) is 82.4 cm³/mol. The Morgan fingerprint density at radius 1 is 1.27 bits per heavy atom. The van der Waals surface area contributed by atoms with Gasteiger partial charge in [-0.2, -0.15) is 0 Å². The molecule has 22 heavy (non-hydrogen) atoms. The second-order valence-electron chi connectivity index (χ2n) is 6.84. The summed E-state index contributed by atoms with van der Waals surface area (Å²) in [6.45, 7) is 1.05. The third-order valence-corrected chi connectivity index (χ3v) is 6.20. The largest absolute Gasteiger partial charge is 0.497 e. The average Bonchev–Trinajstić information content (AvgIpc) is 2.88. The molecule has 2 aliphatic heterocycles. The van der Waals surface area contributed by atoms with Gasteiger partial charge in [0.25, 0.3) is 0 Å². The minimum atomic E-state index is 0.00574. The molecule has 4 atom stereocenters. The second-order valence-corrected chi connectivity index (χ2v) is 6.84. The van der Waals surface area contributed by atoms with E-state index in [1.807, 2.05) is 6.07 Å². The van der Waals surface area contributed by atoms with E-state index in [2.05, 4.69) is 17.5 Å². The van der Waals surface area contributed by atoms with Crippen LogP contribution in [-0.2, 0) is 16.6 Å². The molecule has 4 aliphatic rings. The van der Waals surface area contributed by atoms with Crippen LogP contribution < -0.4 is 14.8 Å². The fourth-order valence-corrected chi connectivity index (χ4v) is 5.38. The molecule has 4 heteroatoms. The molecule has 2 heterocycles. The summed E-state index contributed by atoms with van der Waals surface area (Å²) in [6, 6.07) is 4.82. The van der Waals surface area contributed by atoms with Crippen molar-refractivity contribution in [2.75, 3.05) is 20.8 Å². The van der Waals surface area contributed by atoms with Crippen molar-refractivity contribution >= 4 is 0 Å². The lowest BCUT2D eigenvalue weighted by Gasteiger charge is -2.54. The molecule has 0 amide bonds. The average molecular weight is 299 g/mol. The van der Waals surface area contributed by atoms with Gasteiger partial charge in [-0.05, 0) is 49.4 Å². The Hall–Kier alpha value is -1.68. The predicted octanol–water partition coefficient (Wildman–Crippen LogP) is 2.16. The zero-order chi connectivity index (χ0) is 14.9. The maximum Gasteiger partial charge on any atom is 0.166 e. The first-order valence-electron chi connectivity index (χ1n) is 8.14. The number of allylic oxidation sites excluding steroid dienone is 1. The standard InChI is InChI=1S/C18H21NO3/c1-20-13-5-3-10-9-12-11-4-6-14(21-2)17-18(11,7-8-19-12)15(10)16(13)22-17/h3,5-6,11-12,17,19H,4,7-9H2,1-2H3/t11?,12?,17-,18?/m0/s1. The molecule has 4 nitrogen and oxygen atoms in total. The number of rotatable bonds is 2. The minimum Gasteiger partial charge on any atom is -0.497 e. The highest BCUT2D eigenvalue weighted by Gasteiger charge is 2.63. The topological polar surface area (TPSA) is 39.7 Å². The molecule has 0 saturated carbocycles. The summed E-state index contributed by atoms with van der Waals surface area (Å²) in [5.41, 5.74) is 2.89. The van der Waals surface area contributed by atoms with Gasteiger partial charge in [-0.15, -0.1) is 0 Å². The molecule has 2 aliphatic carbocycles. The first-order valence-corrected chi connectivity index (χ1v) is 8.14. The first kappa shape index (κ1) is 12.8. The monoisotopic (exact) mass is 299 g/mol. The summed E-state index contributed by atoms with van der Waals surface area (Å²) in [4.78, 5) is 0. The van der Waals surface area contributed by atoms with Crippen LogP contribution in [0.2, 0.25) is 0 Å². The lowest BCUT2D eigenvalue weighted by molar-refractivity contribution is 0.0182. The van der Waals surface area contributed by atoms with Crippen molar-refractivity contribution in [2.45, 2.75) is 36.8 Å². The fraction of sp³-hybridized carbons (Fsp3) is 0.556. The first-order chi connectivity index (χ1) is 10.8. The van der Waals surface area contributed by atoms with E-state index in [0.717, 1.165) is 43.1 Å². The molecule has 116 valence electrons. The van der Waals surface area contributed by atoms with Crippen molar-refractivity contribution in [3.05, 3.63) is 35.1 Å². The molecule has 1 aromatic rings. The van der Waals surface area contributed by atoms with Crippen LogP contribution in [0.3, 0.4) is 0 Å². The van der Waals surface area contributed by atoms with E-state index in [0.29, 0.717) is 12.0 Å². The van der Waals surface area contributed by atoms with Crippen molar-refractivity contribution in [1.82, 2.24) is 5.32 Å². The quantitative estimate of drug-likeness (QED) is 0.908. The minimum absolute atomic E-state index is 0.00574. The third kappa shape index (κ3) is 1.29. The van der Waals surface area contributed by atoms with Crippen LogP contribution in [0.4, 0.5) is 0 Å². The molecule has 1 fully saturated rings. The van der Waals surface area contributed by atoms with Gasteiger partial charge in [-0.3, -0.25) is 0 Å². The van der Waals surface area contributed by atoms with Crippen LogP contribution in [0, 0.1) is 5.92 Å². The Morgan fingerprint density at radius 3 is 3.00 bits per heavy atom. The van der Waals surface area contributed by atoms with Gasteiger partial charge in [0.15, 0.2) is 17.6 Å². The number of nitrogens with one attached hydrogen (secondary N) is 1. The van der Waals surface area contributed by atoms with Crippen molar-refractivity contribution < 1.29 is 14.2 Å². The molecule has 2 bridgehead atoms. The Morgan fingerprint density at radius 2 is 2.18 bits per heavy atom. The van der Waals surface area contributed by atoms with Crippen LogP contribution in [0.25, 0.3) is 0 Å². The van der Waals surface area contributed by atoms with Crippen molar-refractivity contribution in [1.29, 1.82) is 0 Å². The van der Waals surface area contributed by atoms with E-state index in [4.69, 9.17) is 14.2 Å². The molecule has 3 unspecified atom stereocenters. The Bertz CT molecular complexity index is 683. The molecule has 1 spiro atoms. The molecular weight excluding hydrogens is 278 g/mol. The van der Waals surface area contributed by atoms with Crippen molar-refractivity contribution in [3.8, 4) is 11.5 Å². The van der Waals surface area contributed by atoms with Gasteiger partial charge in [-0.1, -0.05) is 6.07 Å². The SMILES string of the molecule is COC1=CCC2C3Cc4ccc(OC)c5c4C2(CCN3)[C@H]1O5. The van der Waals surface area contributed by atoms with Crippen molar-refractivity contribution in [2.24, 2.45) is 5.92 Å². The van der Waals surface area contributed by atoms with Gasteiger partial charge in [0.05, 0.1) is 14.2 Å². The number of benzene rings is 1. The Kier molecular flexibility index (Phi) is 2.44. The van der Waals surface area contributed by atoms with Gasteiger partial charge in [0.1, 0.15) is 5.76 Å². The molecule has 0 radical (unpaired) electrons. The lowest BCUT2D eigenvalue weighted by atomic mass is 9.53. The highest BCUT2D eigenvalue weighted by atomic mass is 16.6. The molecule has 1 saturated heterocycles. The smallest absolute Gasteiger partial charge is 0.166 e. The Balaban J connectivity index is 1.81. The van der Waals surface area contributed by atoms with E-state index >= 15 is 0 Å². The third-order valence-electron chi connectivity index (χ3n) is 6.20. The molecular formula is C18H21NO3. The van der Waals surface area contributed by atoms with Crippen LogP contribution >= 0.6 is 0 Å². The van der Waals surface area contributed by atoms with Gasteiger partial charge < -0.3 is 19.5 Å². The Labute approximate surface area is 130 Å². The normalized spacial score (nSPS) is 37.0. The van der Waals surface area contributed by atoms with Gasteiger partial charge in [-0.25, -0.2) is 0 Å². The maximum absolute atomic E-state index is 6.46. The molecule has 1 aromatic carbocycles. The number of hydrogen-bond acceptors (Lipinski definition) is 4. The molecule has 0 aromatic heterocycles. The number of methoxy groups -OCH3 is 2. The fourth-order valence-electron chi connectivity index (χ4n) is 5.38. The van der Waals surface area contributed by atoms with Crippen LogP contribution in [-0.4, -0.2) is 32.9 Å². The van der Waals surface area contributed by atoms with Crippen LogP contribution in [0.5, 0.6) is 11.5 Å². The van der Waals surface area contributed by atoms with E-state index in [9.17, 15) is 0 Å². The summed E-state index contributed by atoms with van der Waals surface area (Å²) in [7, 11) is 3.48. The summed E-state index contributed by atoms with van der Waals surface area (Å²) < 4.78 is 17.7.